The van der Waals surface area contributed by atoms with Crippen LogP contribution in [-0.4, -0.2) is 33.0 Å². The molecule has 230 valence electrons. The van der Waals surface area contributed by atoms with Crippen molar-refractivity contribution in [3.05, 3.63) is 173 Å². The zero-order valence-electron chi connectivity index (χ0n) is 25.6. The van der Waals surface area contributed by atoms with Crippen LogP contribution in [0.3, 0.4) is 0 Å². The van der Waals surface area contributed by atoms with Crippen LogP contribution < -0.4 is 5.32 Å². The van der Waals surface area contributed by atoms with E-state index in [0.717, 1.165) is 21.6 Å². The number of ether oxygens (including phenoxy) is 1. The summed E-state index contributed by atoms with van der Waals surface area (Å²) in [4.78, 5) is 16.4. The first kappa shape index (κ1) is 31.9. The number of hydrogen-bond donors (Lipinski definition) is 1. The zero-order chi connectivity index (χ0) is 31.3. The summed E-state index contributed by atoms with van der Waals surface area (Å²) in [7, 11) is -1.44. The van der Waals surface area contributed by atoms with E-state index in [1.165, 1.54) is 11.1 Å². The van der Waals surface area contributed by atoms with E-state index >= 15 is 0 Å². The molecule has 0 heterocycles. The third-order valence-electron chi connectivity index (χ3n) is 7.73. The number of hydrogen-bond acceptors (Lipinski definition) is 4. The number of carbonyl (C=O) groups is 1. The first-order chi connectivity index (χ1) is 22.0. The van der Waals surface area contributed by atoms with E-state index in [0.29, 0.717) is 26.1 Å². The van der Waals surface area contributed by atoms with Gasteiger partial charge in [-0.05, 0) is 47.7 Å². The summed E-state index contributed by atoms with van der Waals surface area (Å²) in [5, 5.41) is 2.71. The van der Waals surface area contributed by atoms with Crippen molar-refractivity contribution in [1.29, 1.82) is 0 Å². The standard InChI is InChI=1S/C39H40N2O3S/c1-31-22-24-36(25-23-31)45(43)38(29-41(27-33-16-8-3-9-17-33)28-34-18-10-4-11-19-34)37(26-32-14-6-2-7-15-32)40-39(42)44-30-35-20-12-5-13-21-35/h2-25,37-38H,26-30H2,1H3,(H,40,42)/t37-,38+,45?/m0/s1. The number of amides is 1. The number of alkyl carbamates (subject to hydrolysis) is 1. The molecular weight excluding hydrogens is 577 g/mol. The Morgan fingerprint density at radius 1 is 0.667 bits per heavy atom. The molecule has 1 amide bonds. The molecular formula is C39H40N2O3S. The third-order valence-corrected chi connectivity index (χ3v) is 9.49. The maximum Gasteiger partial charge on any atom is 0.407 e. The molecule has 5 nitrogen and oxygen atoms in total. The van der Waals surface area contributed by atoms with E-state index in [1.807, 2.05) is 128 Å². The number of carbonyl (C=O) groups excluding carboxylic acids is 1. The van der Waals surface area contributed by atoms with Crippen LogP contribution in [0.2, 0.25) is 0 Å². The summed E-state index contributed by atoms with van der Waals surface area (Å²) in [5.41, 5.74) is 5.40. The molecule has 0 radical (unpaired) electrons. The van der Waals surface area contributed by atoms with Gasteiger partial charge in [0.15, 0.2) is 0 Å². The molecule has 5 rings (SSSR count). The fourth-order valence-corrected chi connectivity index (χ4v) is 6.94. The minimum absolute atomic E-state index is 0.157. The summed E-state index contributed by atoms with van der Waals surface area (Å²) >= 11 is 0. The van der Waals surface area contributed by atoms with Crippen molar-refractivity contribution < 1.29 is 13.7 Å². The van der Waals surface area contributed by atoms with E-state index in [1.54, 1.807) is 0 Å². The third kappa shape index (κ3) is 10.00. The highest BCUT2D eigenvalue weighted by Crippen LogP contribution is 2.22. The molecule has 0 aliphatic carbocycles. The molecule has 0 aliphatic heterocycles. The molecule has 0 saturated carbocycles. The second-order valence-electron chi connectivity index (χ2n) is 11.3. The van der Waals surface area contributed by atoms with E-state index in [4.69, 9.17) is 4.74 Å². The van der Waals surface area contributed by atoms with Crippen LogP contribution in [0.1, 0.15) is 27.8 Å². The Morgan fingerprint density at radius 3 is 1.64 bits per heavy atom. The van der Waals surface area contributed by atoms with Gasteiger partial charge < -0.3 is 10.1 Å². The lowest BCUT2D eigenvalue weighted by Crippen LogP contribution is -2.51. The molecule has 1 unspecified atom stereocenters. The molecule has 3 atom stereocenters. The van der Waals surface area contributed by atoms with Gasteiger partial charge in [0.05, 0.1) is 22.1 Å². The van der Waals surface area contributed by atoms with Gasteiger partial charge in [0.25, 0.3) is 0 Å². The lowest BCUT2D eigenvalue weighted by Gasteiger charge is -2.33. The highest BCUT2D eigenvalue weighted by Gasteiger charge is 2.32. The molecule has 0 fully saturated rings. The number of benzene rings is 5. The SMILES string of the molecule is Cc1ccc(S(=O)[C@H](CN(Cc2ccccc2)Cc2ccccc2)[C@H](Cc2ccccc2)NC(=O)OCc2ccccc2)cc1. The van der Waals surface area contributed by atoms with Crippen LogP contribution >= 0.6 is 0 Å². The summed E-state index contributed by atoms with van der Waals surface area (Å²) in [6.45, 7) is 4.02. The minimum atomic E-state index is -1.44. The summed E-state index contributed by atoms with van der Waals surface area (Å²) in [6, 6.07) is 47.7. The van der Waals surface area contributed by atoms with Crippen molar-refractivity contribution in [2.75, 3.05) is 6.54 Å². The second kappa shape index (κ2) is 16.5. The van der Waals surface area contributed by atoms with Gasteiger partial charge in [-0.1, -0.05) is 139 Å². The van der Waals surface area contributed by atoms with Crippen LogP contribution in [-0.2, 0) is 41.7 Å². The zero-order valence-corrected chi connectivity index (χ0v) is 26.4. The molecule has 0 aliphatic rings. The van der Waals surface area contributed by atoms with Crippen molar-refractivity contribution in [3.8, 4) is 0 Å². The number of rotatable bonds is 14. The smallest absolute Gasteiger partial charge is 0.407 e. The predicted molar refractivity (Wildman–Crippen MR) is 182 cm³/mol. The lowest BCUT2D eigenvalue weighted by atomic mass is 10.0. The van der Waals surface area contributed by atoms with Gasteiger partial charge in [0, 0.05) is 24.5 Å². The van der Waals surface area contributed by atoms with Crippen LogP contribution in [0.25, 0.3) is 0 Å². The maximum atomic E-state index is 14.6. The topological polar surface area (TPSA) is 58.6 Å². The molecule has 0 bridgehead atoms. The summed E-state index contributed by atoms with van der Waals surface area (Å²) in [6.07, 6.45) is -0.0167. The Hall–Kier alpha value is -4.52. The quantitative estimate of drug-likeness (QED) is 0.139. The molecule has 0 saturated heterocycles. The van der Waals surface area contributed by atoms with Crippen molar-refractivity contribution in [2.45, 2.75) is 49.2 Å². The Labute approximate surface area is 269 Å². The first-order valence-electron chi connectivity index (χ1n) is 15.3. The Balaban J connectivity index is 1.48. The fraction of sp³-hybridized carbons (Fsp3) is 0.205. The number of nitrogens with one attached hydrogen (secondary N) is 1. The van der Waals surface area contributed by atoms with Crippen LogP contribution in [0, 0.1) is 6.92 Å². The van der Waals surface area contributed by atoms with Crippen molar-refractivity contribution in [3.63, 3.8) is 0 Å². The first-order valence-corrected chi connectivity index (χ1v) is 16.5. The van der Waals surface area contributed by atoms with Gasteiger partial charge >= 0.3 is 6.09 Å². The van der Waals surface area contributed by atoms with Crippen LogP contribution in [0.15, 0.2) is 150 Å². The van der Waals surface area contributed by atoms with E-state index in [9.17, 15) is 9.00 Å². The predicted octanol–water partition coefficient (Wildman–Crippen LogP) is 7.71. The van der Waals surface area contributed by atoms with E-state index in [2.05, 4.69) is 34.5 Å². The largest absolute Gasteiger partial charge is 0.445 e. The summed E-state index contributed by atoms with van der Waals surface area (Å²) < 4.78 is 20.3. The van der Waals surface area contributed by atoms with Gasteiger partial charge in [-0.3, -0.25) is 9.11 Å². The van der Waals surface area contributed by atoms with E-state index < -0.39 is 28.2 Å². The van der Waals surface area contributed by atoms with Crippen molar-refractivity contribution in [1.82, 2.24) is 10.2 Å². The molecule has 0 spiro atoms. The maximum absolute atomic E-state index is 14.6. The molecule has 6 heteroatoms. The number of aryl methyl sites for hydroxylation is 1. The second-order valence-corrected chi connectivity index (χ2v) is 13.0. The highest BCUT2D eigenvalue weighted by atomic mass is 32.2. The number of nitrogens with zero attached hydrogens (tertiary/aromatic N) is 1. The van der Waals surface area contributed by atoms with Gasteiger partial charge in [-0.15, -0.1) is 0 Å². The Morgan fingerprint density at radius 2 is 1.13 bits per heavy atom. The molecule has 1 N–H and O–H groups in total. The van der Waals surface area contributed by atoms with Crippen LogP contribution in [0.4, 0.5) is 4.79 Å². The average Bonchev–Trinajstić information content (AvgIpc) is 3.08. The van der Waals surface area contributed by atoms with Crippen molar-refractivity contribution >= 4 is 16.9 Å². The molecule has 5 aromatic carbocycles. The van der Waals surface area contributed by atoms with Gasteiger partial charge in [0.2, 0.25) is 0 Å². The van der Waals surface area contributed by atoms with Gasteiger partial charge in [-0.2, -0.15) is 0 Å². The molecule has 45 heavy (non-hydrogen) atoms. The van der Waals surface area contributed by atoms with E-state index in [-0.39, 0.29) is 6.61 Å². The van der Waals surface area contributed by atoms with Gasteiger partial charge in [0.1, 0.15) is 6.61 Å². The highest BCUT2D eigenvalue weighted by molar-refractivity contribution is 7.85. The average molecular weight is 617 g/mol. The Bertz CT molecular complexity index is 1570. The molecule has 5 aromatic rings. The lowest BCUT2D eigenvalue weighted by molar-refractivity contribution is 0.134. The van der Waals surface area contributed by atoms with Gasteiger partial charge in [-0.25, -0.2) is 4.79 Å². The van der Waals surface area contributed by atoms with Crippen molar-refractivity contribution in [2.24, 2.45) is 0 Å². The normalized spacial score (nSPS) is 13.1. The fourth-order valence-electron chi connectivity index (χ4n) is 5.37. The minimum Gasteiger partial charge on any atom is -0.445 e. The monoisotopic (exact) mass is 616 g/mol. The Kier molecular flexibility index (Phi) is 11.7. The molecule has 0 aromatic heterocycles. The van der Waals surface area contributed by atoms with Crippen LogP contribution in [0.5, 0.6) is 0 Å². The summed E-state index contributed by atoms with van der Waals surface area (Å²) in [5.74, 6) is 0.